The zero-order valence-electron chi connectivity index (χ0n) is 16.0. The molecule has 28 heavy (non-hydrogen) atoms. The molecule has 1 atom stereocenters. The number of likely N-dealkylation sites (tertiary alicyclic amines) is 1. The molecule has 0 bridgehead atoms. The smallest absolute Gasteiger partial charge is 0.319 e. The van der Waals surface area contributed by atoms with Gasteiger partial charge in [-0.05, 0) is 30.2 Å². The lowest BCUT2D eigenvalue weighted by Crippen LogP contribution is -2.40. The molecule has 2 aliphatic heterocycles. The first kappa shape index (κ1) is 18.3. The van der Waals surface area contributed by atoms with Crippen LogP contribution < -0.4 is 15.5 Å². The Balaban J connectivity index is 1.39. The van der Waals surface area contributed by atoms with Crippen molar-refractivity contribution >= 4 is 23.4 Å². The fourth-order valence-electron chi connectivity index (χ4n) is 3.91. The molecule has 2 aromatic rings. The normalized spacial score (nSPS) is 18.1. The predicted octanol–water partition coefficient (Wildman–Crippen LogP) is 2.73. The van der Waals surface area contributed by atoms with E-state index < -0.39 is 0 Å². The molecule has 0 aliphatic carbocycles. The number of pyridine rings is 1. The van der Waals surface area contributed by atoms with Gasteiger partial charge in [0.25, 0.3) is 0 Å². The van der Waals surface area contributed by atoms with E-state index in [1.807, 2.05) is 42.2 Å². The second kappa shape index (κ2) is 7.88. The van der Waals surface area contributed by atoms with Crippen LogP contribution in [0.25, 0.3) is 0 Å². The maximum Gasteiger partial charge on any atom is 0.319 e. The van der Waals surface area contributed by atoms with Gasteiger partial charge in [-0.1, -0.05) is 25.1 Å². The van der Waals surface area contributed by atoms with E-state index in [4.69, 9.17) is 0 Å². The topological polar surface area (TPSA) is 77.6 Å². The van der Waals surface area contributed by atoms with Crippen LogP contribution in [0, 0.1) is 0 Å². The number of carbonyl (C=O) groups excluding carboxylic acids is 2. The van der Waals surface area contributed by atoms with Crippen molar-refractivity contribution in [2.75, 3.05) is 23.3 Å². The van der Waals surface area contributed by atoms with Crippen LogP contribution >= 0.6 is 0 Å². The number of hydrogen-bond acceptors (Lipinski definition) is 4. The van der Waals surface area contributed by atoms with Crippen LogP contribution in [0.1, 0.15) is 30.9 Å². The highest BCUT2D eigenvalue weighted by atomic mass is 16.2. The van der Waals surface area contributed by atoms with Crippen LogP contribution in [0.2, 0.25) is 0 Å². The molecule has 1 saturated heterocycles. The molecule has 3 heterocycles. The minimum absolute atomic E-state index is 0.00252. The van der Waals surface area contributed by atoms with Gasteiger partial charge >= 0.3 is 6.03 Å². The molecule has 2 N–H and O–H groups in total. The van der Waals surface area contributed by atoms with Crippen LogP contribution in [0.5, 0.6) is 0 Å². The molecular weight excluding hydrogens is 354 g/mol. The van der Waals surface area contributed by atoms with Crippen LogP contribution in [0.15, 0.2) is 42.6 Å². The van der Waals surface area contributed by atoms with Gasteiger partial charge in [-0.15, -0.1) is 0 Å². The molecule has 0 radical (unpaired) electrons. The SMILES string of the molecule is CCC(=O)N1CCC(NC(=O)Nc2cccc3c2CN(c2ccccn2)C3)C1. The van der Waals surface area contributed by atoms with Gasteiger partial charge < -0.3 is 20.4 Å². The van der Waals surface area contributed by atoms with Crippen molar-refractivity contribution in [1.82, 2.24) is 15.2 Å². The lowest BCUT2D eigenvalue weighted by molar-refractivity contribution is -0.129. The quantitative estimate of drug-likeness (QED) is 0.856. The maximum atomic E-state index is 12.5. The lowest BCUT2D eigenvalue weighted by atomic mass is 10.1. The van der Waals surface area contributed by atoms with Crippen LogP contribution in [-0.2, 0) is 17.9 Å². The summed E-state index contributed by atoms with van der Waals surface area (Å²) in [6.45, 7) is 4.64. The molecule has 0 spiro atoms. The number of carbonyl (C=O) groups is 2. The highest BCUT2D eigenvalue weighted by Gasteiger charge is 2.27. The van der Waals surface area contributed by atoms with Crippen molar-refractivity contribution in [3.63, 3.8) is 0 Å². The summed E-state index contributed by atoms with van der Waals surface area (Å²) in [7, 11) is 0. The molecule has 1 aromatic heterocycles. The van der Waals surface area contributed by atoms with Crippen molar-refractivity contribution < 1.29 is 9.59 Å². The van der Waals surface area contributed by atoms with Crippen molar-refractivity contribution in [3.8, 4) is 0 Å². The molecule has 1 fully saturated rings. The first-order valence-corrected chi connectivity index (χ1v) is 9.76. The second-order valence-corrected chi connectivity index (χ2v) is 7.26. The molecule has 7 nitrogen and oxygen atoms in total. The van der Waals surface area contributed by atoms with Crippen molar-refractivity contribution in [2.24, 2.45) is 0 Å². The molecule has 2 aliphatic rings. The summed E-state index contributed by atoms with van der Waals surface area (Å²) in [5.74, 6) is 1.07. The highest BCUT2D eigenvalue weighted by Crippen LogP contribution is 2.31. The van der Waals surface area contributed by atoms with E-state index in [2.05, 4.69) is 26.6 Å². The highest BCUT2D eigenvalue weighted by molar-refractivity contribution is 5.91. The molecule has 1 aromatic carbocycles. The Morgan fingerprint density at radius 3 is 2.86 bits per heavy atom. The average molecular weight is 379 g/mol. The number of fused-ring (bicyclic) bond motifs is 1. The number of urea groups is 1. The summed E-state index contributed by atoms with van der Waals surface area (Å²) in [6.07, 6.45) is 3.08. The fraction of sp³-hybridized carbons (Fsp3) is 0.381. The summed E-state index contributed by atoms with van der Waals surface area (Å²) in [5, 5.41) is 6.00. The lowest BCUT2D eigenvalue weighted by Gasteiger charge is -2.18. The van der Waals surface area contributed by atoms with E-state index in [0.29, 0.717) is 26.1 Å². The van der Waals surface area contributed by atoms with Gasteiger partial charge in [-0.3, -0.25) is 4.79 Å². The minimum Gasteiger partial charge on any atom is -0.348 e. The van der Waals surface area contributed by atoms with Gasteiger partial charge in [0, 0.05) is 56.1 Å². The van der Waals surface area contributed by atoms with E-state index in [-0.39, 0.29) is 18.0 Å². The van der Waals surface area contributed by atoms with Crippen LogP contribution in [-0.4, -0.2) is 41.0 Å². The summed E-state index contributed by atoms with van der Waals surface area (Å²) < 4.78 is 0. The van der Waals surface area contributed by atoms with Crippen LogP contribution in [0.3, 0.4) is 0 Å². The number of amides is 3. The zero-order valence-corrected chi connectivity index (χ0v) is 16.0. The van der Waals surface area contributed by atoms with Crippen molar-refractivity contribution in [3.05, 3.63) is 53.7 Å². The molecule has 146 valence electrons. The van der Waals surface area contributed by atoms with Crippen LogP contribution in [0.4, 0.5) is 16.3 Å². The third kappa shape index (κ3) is 3.78. The standard InChI is InChI=1S/C21H25N5O2/c1-2-20(27)25-11-9-16(13-25)23-21(28)24-18-7-5-6-15-12-26(14-17(15)18)19-8-3-4-10-22-19/h3-8,10,16H,2,9,11-14H2,1H3,(H2,23,24,28). The zero-order chi connectivity index (χ0) is 19.5. The summed E-state index contributed by atoms with van der Waals surface area (Å²) >= 11 is 0. The van der Waals surface area contributed by atoms with Gasteiger partial charge in [0.2, 0.25) is 5.91 Å². The number of hydrogen-bond donors (Lipinski definition) is 2. The average Bonchev–Trinajstić information content (AvgIpc) is 3.35. The number of anilines is 2. The molecule has 4 rings (SSSR count). The second-order valence-electron chi connectivity index (χ2n) is 7.26. The Kier molecular flexibility index (Phi) is 5.14. The van der Waals surface area contributed by atoms with Gasteiger partial charge in [-0.25, -0.2) is 9.78 Å². The van der Waals surface area contributed by atoms with Gasteiger partial charge in [-0.2, -0.15) is 0 Å². The number of rotatable bonds is 4. The van der Waals surface area contributed by atoms with Crippen molar-refractivity contribution in [2.45, 2.75) is 38.9 Å². The summed E-state index contributed by atoms with van der Waals surface area (Å²) in [6, 6.07) is 11.6. The molecule has 0 saturated carbocycles. The number of nitrogens with one attached hydrogen (secondary N) is 2. The summed E-state index contributed by atoms with van der Waals surface area (Å²) in [4.78, 5) is 32.7. The Morgan fingerprint density at radius 2 is 2.07 bits per heavy atom. The first-order chi connectivity index (χ1) is 13.6. The number of nitrogens with zero attached hydrogens (tertiary/aromatic N) is 3. The monoisotopic (exact) mass is 379 g/mol. The molecule has 1 unspecified atom stereocenters. The Labute approximate surface area is 164 Å². The molecule has 7 heteroatoms. The van der Waals surface area contributed by atoms with Crippen molar-refractivity contribution in [1.29, 1.82) is 0 Å². The third-order valence-corrected chi connectivity index (χ3v) is 5.38. The first-order valence-electron chi connectivity index (χ1n) is 9.76. The maximum absolute atomic E-state index is 12.5. The molecular formula is C21H25N5O2. The summed E-state index contributed by atoms with van der Waals surface area (Å²) in [5.41, 5.74) is 3.15. The van der Waals surface area contributed by atoms with Gasteiger partial charge in [0.1, 0.15) is 5.82 Å². The van der Waals surface area contributed by atoms with E-state index in [1.165, 1.54) is 5.56 Å². The van der Waals surface area contributed by atoms with E-state index in [9.17, 15) is 9.59 Å². The Hall–Kier alpha value is -3.09. The minimum atomic E-state index is -0.222. The largest absolute Gasteiger partial charge is 0.348 e. The van der Waals surface area contributed by atoms with E-state index >= 15 is 0 Å². The van der Waals surface area contributed by atoms with E-state index in [1.54, 1.807) is 6.20 Å². The van der Waals surface area contributed by atoms with Gasteiger partial charge in [0.15, 0.2) is 0 Å². The Morgan fingerprint density at radius 1 is 1.18 bits per heavy atom. The predicted molar refractivity (Wildman–Crippen MR) is 108 cm³/mol. The fourth-order valence-corrected chi connectivity index (χ4v) is 3.91. The number of aromatic nitrogens is 1. The van der Waals surface area contributed by atoms with Gasteiger partial charge in [0.05, 0.1) is 0 Å². The number of benzene rings is 1. The third-order valence-electron chi connectivity index (χ3n) is 5.38. The molecule has 3 amide bonds. The Bertz CT molecular complexity index is 870. The van der Waals surface area contributed by atoms with E-state index in [0.717, 1.165) is 30.0 Å².